The van der Waals surface area contributed by atoms with Gasteiger partial charge in [-0.2, -0.15) is 0 Å². The van der Waals surface area contributed by atoms with Gasteiger partial charge in [0.05, 0.1) is 12.0 Å². The van der Waals surface area contributed by atoms with Crippen LogP contribution in [0.2, 0.25) is 0 Å². The van der Waals surface area contributed by atoms with Crippen LogP contribution in [0.5, 0.6) is 0 Å². The third kappa shape index (κ3) is 6.03. The molecule has 1 amide bonds. The Bertz CT molecular complexity index is 573. The Morgan fingerprint density at radius 3 is 2.50 bits per heavy atom. The van der Waals surface area contributed by atoms with Gasteiger partial charge in [-0.15, -0.1) is 11.6 Å². The lowest BCUT2D eigenvalue weighted by Crippen LogP contribution is -2.52. The van der Waals surface area contributed by atoms with E-state index < -0.39 is 0 Å². The summed E-state index contributed by atoms with van der Waals surface area (Å²) in [6.07, 6.45) is 5.12. The van der Waals surface area contributed by atoms with E-state index in [9.17, 15) is 4.79 Å². The summed E-state index contributed by atoms with van der Waals surface area (Å²) < 4.78 is 0. The van der Waals surface area contributed by atoms with E-state index in [2.05, 4.69) is 27.0 Å². The Balaban J connectivity index is 1.61. The number of nitrogens with one attached hydrogen (secondary N) is 5. The van der Waals surface area contributed by atoms with Crippen molar-refractivity contribution in [3.8, 4) is 0 Å². The summed E-state index contributed by atoms with van der Waals surface area (Å²) in [7, 11) is 0. The number of alkyl halides is 1. The van der Waals surface area contributed by atoms with Gasteiger partial charge in [-0.1, -0.05) is 0 Å². The predicted molar refractivity (Wildman–Crippen MR) is 111 cm³/mol. The maximum Gasteiger partial charge on any atom is 0.233 e. The van der Waals surface area contributed by atoms with Crippen molar-refractivity contribution in [1.82, 2.24) is 27.0 Å². The number of nitrogens with zero attached hydrogens (tertiary/aromatic N) is 1. The van der Waals surface area contributed by atoms with Crippen LogP contribution in [-0.4, -0.2) is 47.6 Å². The fourth-order valence-corrected chi connectivity index (χ4v) is 4.33. The van der Waals surface area contributed by atoms with Crippen LogP contribution in [-0.2, 0) is 9.63 Å². The van der Waals surface area contributed by atoms with Crippen molar-refractivity contribution >= 4 is 23.5 Å². The smallest absolute Gasteiger partial charge is 0.233 e. The van der Waals surface area contributed by atoms with E-state index in [1.807, 2.05) is 27.7 Å². The van der Waals surface area contributed by atoms with Crippen molar-refractivity contribution in [2.75, 3.05) is 6.54 Å². The lowest BCUT2D eigenvalue weighted by atomic mass is 9.83. The van der Waals surface area contributed by atoms with Gasteiger partial charge in [0.15, 0.2) is 5.96 Å². The van der Waals surface area contributed by atoms with Crippen LogP contribution < -0.4 is 27.0 Å². The molecule has 0 aromatic heterocycles. The predicted octanol–water partition coefficient (Wildman–Crippen LogP) is 1.38. The van der Waals surface area contributed by atoms with Crippen LogP contribution >= 0.6 is 11.6 Å². The fraction of sp³-hybridized carbons (Fsp3) is 0.895. The second-order valence-electron chi connectivity index (χ2n) is 9.28. The lowest BCUT2D eigenvalue weighted by Gasteiger charge is -2.29. The Labute approximate surface area is 172 Å². The molecule has 160 valence electrons. The molecule has 3 fully saturated rings. The molecule has 9 heteroatoms. The molecular formula is C19H35ClN6O2. The molecule has 8 nitrogen and oxygen atoms in total. The van der Waals surface area contributed by atoms with E-state index in [1.54, 1.807) is 0 Å². The minimum atomic E-state index is -0.236. The van der Waals surface area contributed by atoms with Gasteiger partial charge < -0.3 is 5.32 Å². The van der Waals surface area contributed by atoms with Gasteiger partial charge in [0, 0.05) is 29.9 Å². The zero-order chi connectivity index (χ0) is 20.3. The summed E-state index contributed by atoms with van der Waals surface area (Å²) in [4.78, 5) is 22.7. The third-order valence-corrected chi connectivity index (χ3v) is 6.12. The minimum Gasteiger partial charge on any atom is -0.351 e. The molecule has 0 aromatic rings. The molecule has 1 saturated carbocycles. The summed E-state index contributed by atoms with van der Waals surface area (Å²) in [5.74, 6) is 0.802. The molecule has 1 aliphatic carbocycles. The number of hydrogen-bond donors (Lipinski definition) is 5. The van der Waals surface area contributed by atoms with Gasteiger partial charge in [-0.25, -0.2) is 15.9 Å². The van der Waals surface area contributed by atoms with Gasteiger partial charge in [-0.3, -0.25) is 20.4 Å². The van der Waals surface area contributed by atoms with Gasteiger partial charge in [0.2, 0.25) is 5.91 Å². The van der Waals surface area contributed by atoms with Gasteiger partial charge in [0.1, 0.15) is 6.17 Å². The molecular weight excluding hydrogens is 380 g/mol. The first-order valence-corrected chi connectivity index (χ1v) is 10.9. The van der Waals surface area contributed by atoms with Crippen LogP contribution in [0.4, 0.5) is 0 Å². The largest absolute Gasteiger partial charge is 0.351 e. The monoisotopic (exact) mass is 414 g/mol. The number of carbonyl (C=O) groups is 1. The van der Waals surface area contributed by atoms with Gasteiger partial charge in [-0.05, 0) is 59.3 Å². The maximum atomic E-state index is 12.7. The highest BCUT2D eigenvalue weighted by Gasteiger charge is 2.34. The molecule has 3 aliphatic rings. The van der Waals surface area contributed by atoms with E-state index in [4.69, 9.17) is 21.4 Å². The van der Waals surface area contributed by atoms with Crippen molar-refractivity contribution < 1.29 is 9.63 Å². The van der Waals surface area contributed by atoms with E-state index in [1.165, 1.54) is 0 Å². The molecule has 2 saturated heterocycles. The van der Waals surface area contributed by atoms with Crippen molar-refractivity contribution in [3.63, 3.8) is 0 Å². The fourth-order valence-electron chi connectivity index (χ4n) is 4.08. The second-order valence-corrected chi connectivity index (χ2v) is 9.90. The number of hydrogen-bond acceptors (Lipinski definition) is 6. The average molecular weight is 415 g/mol. The SMILES string of the molecule is CC1ONCC1C(=O)N/C(=N/C1CC(C2CCC(Cl)CC2)NN1)NC(C)(C)C. The normalized spacial score (nSPS) is 37.1. The van der Waals surface area contributed by atoms with Crippen LogP contribution in [0.3, 0.4) is 0 Å². The number of halogens is 1. The summed E-state index contributed by atoms with van der Waals surface area (Å²) in [5, 5.41) is 6.62. The Kier molecular flexibility index (Phi) is 7.20. The number of guanidine groups is 1. The van der Waals surface area contributed by atoms with Crippen LogP contribution in [0.25, 0.3) is 0 Å². The van der Waals surface area contributed by atoms with Crippen LogP contribution in [0.1, 0.15) is 59.8 Å². The molecule has 5 N–H and O–H groups in total. The zero-order valence-electron chi connectivity index (χ0n) is 17.3. The van der Waals surface area contributed by atoms with Crippen molar-refractivity contribution in [1.29, 1.82) is 0 Å². The molecule has 0 bridgehead atoms. The molecule has 2 aliphatic heterocycles. The second kappa shape index (κ2) is 9.26. The molecule has 0 aromatic carbocycles. The Hall–Kier alpha value is -0.930. The summed E-state index contributed by atoms with van der Waals surface area (Å²) in [6, 6.07) is 0.386. The van der Waals surface area contributed by atoms with E-state index in [0.717, 1.165) is 32.1 Å². The first kappa shape index (κ1) is 21.8. The van der Waals surface area contributed by atoms with E-state index in [0.29, 0.717) is 29.8 Å². The zero-order valence-corrected chi connectivity index (χ0v) is 18.1. The highest BCUT2D eigenvalue weighted by molar-refractivity contribution is 6.20. The average Bonchev–Trinajstić information content (AvgIpc) is 3.23. The number of amides is 1. The number of carbonyl (C=O) groups excluding carboxylic acids is 1. The summed E-state index contributed by atoms with van der Waals surface area (Å²) >= 11 is 6.24. The first-order chi connectivity index (χ1) is 13.2. The van der Waals surface area contributed by atoms with Crippen molar-refractivity contribution in [2.45, 2.75) is 89.0 Å². The van der Waals surface area contributed by atoms with Crippen LogP contribution in [0.15, 0.2) is 4.99 Å². The van der Waals surface area contributed by atoms with Gasteiger partial charge >= 0.3 is 0 Å². The first-order valence-electron chi connectivity index (χ1n) is 10.4. The van der Waals surface area contributed by atoms with E-state index >= 15 is 0 Å². The molecule has 4 atom stereocenters. The summed E-state index contributed by atoms with van der Waals surface area (Å²) in [5.41, 5.74) is 9.26. The van der Waals surface area contributed by atoms with Crippen LogP contribution in [0, 0.1) is 11.8 Å². The highest BCUT2D eigenvalue weighted by atomic mass is 35.5. The quantitative estimate of drug-likeness (QED) is 0.272. The topological polar surface area (TPSA) is 98.8 Å². The van der Waals surface area contributed by atoms with Gasteiger partial charge in [0.25, 0.3) is 0 Å². The third-order valence-electron chi connectivity index (χ3n) is 5.68. The molecule has 0 spiro atoms. The minimum absolute atomic E-state index is 0.0840. The van der Waals surface area contributed by atoms with Crippen molar-refractivity contribution in [2.24, 2.45) is 16.8 Å². The van der Waals surface area contributed by atoms with E-state index in [-0.39, 0.29) is 29.6 Å². The maximum absolute atomic E-state index is 12.7. The number of hydrazine groups is 1. The molecule has 2 heterocycles. The molecule has 28 heavy (non-hydrogen) atoms. The number of aliphatic imine (C=N–C) groups is 1. The van der Waals surface area contributed by atoms with Crippen molar-refractivity contribution in [3.05, 3.63) is 0 Å². The number of rotatable bonds is 3. The Morgan fingerprint density at radius 1 is 1.18 bits per heavy atom. The lowest BCUT2D eigenvalue weighted by molar-refractivity contribution is -0.124. The molecule has 0 radical (unpaired) electrons. The summed E-state index contributed by atoms with van der Waals surface area (Å²) in [6.45, 7) is 8.53. The molecule has 4 unspecified atom stereocenters. The molecule has 3 rings (SSSR count). The number of hydroxylamine groups is 1. The Morgan fingerprint density at radius 2 is 1.89 bits per heavy atom. The standard InChI is InChI=1S/C19H35ClN6O2/c1-11-14(10-21-28-11)17(27)23-18(24-19(2,3)4)22-16-9-15(25-26-16)12-5-7-13(20)8-6-12/h11-16,21,25-26H,5-10H2,1-4H3,(H2,22,23,24,27). The highest BCUT2D eigenvalue weighted by Crippen LogP contribution is 2.32.